The Labute approximate surface area is 193 Å². The number of halogens is 3. The molecule has 0 aliphatic heterocycles. The molecular weight excluding hydrogens is 453 g/mol. The number of carboxylic acid groups (broad SMARTS) is 1. The lowest BCUT2D eigenvalue weighted by Gasteiger charge is -2.22. The predicted octanol–water partition coefficient (Wildman–Crippen LogP) is 4.66. The molecule has 0 atom stereocenters. The van der Waals surface area contributed by atoms with Crippen LogP contribution in [0.5, 0.6) is 11.5 Å². The number of carbonyl (C=O) groups is 2. The molecule has 0 bridgehead atoms. The normalized spacial score (nSPS) is 11.8. The van der Waals surface area contributed by atoms with Crippen molar-refractivity contribution < 1.29 is 37.3 Å². The second-order valence-corrected chi connectivity index (χ2v) is 8.12. The van der Waals surface area contributed by atoms with Crippen molar-refractivity contribution in [3.8, 4) is 11.5 Å². The summed E-state index contributed by atoms with van der Waals surface area (Å²) in [6.07, 6.45) is -3.18. The SMILES string of the molecule is Cc1c(OCC(F)(F)F)ccnc1COc1c(C(=O)NC(C)(C)C(=O)O)ccc2ccccc12. The largest absolute Gasteiger partial charge is 0.486 e. The zero-order valence-electron chi connectivity index (χ0n) is 18.7. The van der Waals surface area contributed by atoms with Crippen molar-refractivity contribution in [2.24, 2.45) is 0 Å². The number of carboxylic acids is 1. The number of alkyl halides is 3. The van der Waals surface area contributed by atoms with Crippen LogP contribution >= 0.6 is 0 Å². The van der Waals surface area contributed by atoms with Crippen molar-refractivity contribution >= 4 is 22.6 Å². The van der Waals surface area contributed by atoms with Gasteiger partial charge in [-0.3, -0.25) is 9.78 Å². The summed E-state index contributed by atoms with van der Waals surface area (Å²) in [7, 11) is 0. The molecule has 10 heteroatoms. The Morgan fingerprint density at radius 3 is 2.44 bits per heavy atom. The van der Waals surface area contributed by atoms with Gasteiger partial charge in [-0.1, -0.05) is 30.3 Å². The van der Waals surface area contributed by atoms with Crippen molar-refractivity contribution in [1.82, 2.24) is 10.3 Å². The van der Waals surface area contributed by atoms with Crippen LogP contribution in [0.4, 0.5) is 13.2 Å². The minimum atomic E-state index is -4.48. The zero-order chi connectivity index (χ0) is 25.1. The van der Waals surface area contributed by atoms with E-state index in [2.05, 4.69) is 10.3 Å². The van der Waals surface area contributed by atoms with Gasteiger partial charge in [-0.15, -0.1) is 0 Å². The van der Waals surface area contributed by atoms with Gasteiger partial charge < -0.3 is 19.9 Å². The molecule has 0 aliphatic carbocycles. The fourth-order valence-electron chi connectivity index (χ4n) is 3.14. The Balaban J connectivity index is 1.93. The molecule has 0 fully saturated rings. The molecule has 0 unspecified atom stereocenters. The number of carbonyl (C=O) groups excluding carboxylic acids is 1. The van der Waals surface area contributed by atoms with Crippen LogP contribution in [-0.4, -0.2) is 40.3 Å². The highest BCUT2D eigenvalue weighted by molar-refractivity contribution is 6.05. The van der Waals surface area contributed by atoms with E-state index in [0.29, 0.717) is 16.6 Å². The molecule has 2 aromatic carbocycles. The van der Waals surface area contributed by atoms with Gasteiger partial charge in [0.25, 0.3) is 5.91 Å². The highest BCUT2D eigenvalue weighted by Gasteiger charge is 2.31. The number of ether oxygens (including phenoxy) is 2. The third kappa shape index (κ3) is 5.75. The molecule has 0 saturated heterocycles. The van der Waals surface area contributed by atoms with Gasteiger partial charge in [-0.25, -0.2) is 4.79 Å². The maximum atomic E-state index is 12.9. The minimum absolute atomic E-state index is 0.0185. The van der Waals surface area contributed by atoms with Gasteiger partial charge in [0, 0.05) is 17.1 Å². The molecule has 3 aromatic rings. The molecule has 1 aromatic heterocycles. The fraction of sp³-hybridized carbons (Fsp3) is 0.292. The Morgan fingerprint density at radius 2 is 1.76 bits per heavy atom. The maximum Gasteiger partial charge on any atom is 0.422 e. The first-order valence-electron chi connectivity index (χ1n) is 10.2. The topological polar surface area (TPSA) is 97.8 Å². The molecular formula is C24H23F3N2O5. The molecule has 0 saturated carbocycles. The number of benzene rings is 2. The van der Waals surface area contributed by atoms with Gasteiger partial charge in [0.05, 0.1) is 11.3 Å². The number of aliphatic carboxylic acids is 1. The van der Waals surface area contributed by atoms with Crippen molar-refractivity contribution in [3.05, 3.63) is 65.5 Å². The summed E-state index contributed by atoms with van der Waals surface area (Å²) in [6, 6.07) is 11.7. The van der Waals surface area contributed by atoms with E-state index in [1.165, 1.54) is 32.2 Å². The summed E-state index contributed by atoms with van der Waals surface area (Å²) in [6.45, 7) is 2.67. The molecule has 1 heterocycles. The van der Waals surface area contributed by atoms with Crippen LogP contribution < -0.4 is 14.8 Å². The summed E-state index contributed by atoms with van der Waals surface area (Å²) >= 11 is 0. The predicted molar refractivity (Wildman–Crippen MR) is 118 cm³/mol. The fourth-order valence-corrected chi connectivity index (χ4v) is 3.14. The molecule has 34 heavy (non-hydrogen) atoms. The molecule has 3 rings (SSSR count). The first-order valence-corrected chi connectivity index (χ1v) is 10.2. The molecule has 7 nitrogen and oxygen atoms in total. The highest BCUT2D eigenvalue weighted by Crippen LogP contribution is 2.32. The van der Waals surface area contributed by atoms with E-state index < -0.39 is 30.2 Å². The van der Waals surface area contributed by atoms with Crippen molar-refractivity contribution in [2.75, 3.05) is 6.61 Å². The smallest absolute Gasteiger partial charge is 0.422 e. The van der Waals surface area contributed by atoms with Crippen LogP contribution in [0.2, 0.25) is 0 Å². The first kappa shape index (κ1) is 24.8. The van der Waals surface area contributed by atoms with E-state index >= 15 is 0 Å². The molecule has 0 aliphatic rings. The lowest BCUT2D eigenvalue weighted by Crippen LogP contribution is -2.49. The number of rotatable bonds is 8. The van der Waals surface area contributed by atoms with E-state index in [0.717, 1.165) is 5.39 Å². The molecule has 0 radical (unpaired) electrons. The van der Waals surface area contributed by atoms with Gasteiger partial charge in [0.2, 0.25) is 0 Å². The lowest BCUT2D eigenvalue weighted by atomic mass is 10.0. The number of pyridine rings is 1. The van der Waals surface area contributed by atoms with E-state index in [9.17, 15) is 27.9 Å². The monoisotopic (exact) mass is 476 g/mol. The van der Waals surface area contributed by atoms with E-state index in [1.807, 2.05) is 12.1 Å². The zero-order valence-corrected chi connectivity index (χ0v) is 18.7. The van der Waals surface area contributed by atoms with E-state index in [1.54, 1.807) is 25.1 Å². The Bertz CT molecular complexity index is 1220. The second kappa shape index (κ2) is 9.58. The average molecular weight is 476 g/mol. The van der Waals surface area contributed by atoms with Gasteiger partial charge in [0.1, 0.15) is 23.6 Å². The molecule has 180 valence electrons. The quantitative estimate of drug-likeness (QED) is 0.491. The number of hydrogen-bond donors (Lipinski definition) is 2. The van der Waals surface area contributed by atoms with Gasteiger partial charge in [-0.2, -0.15) is 13.2 Å². The van der Waals surface area contributed by atoms with Crippen molar-refractivity contribution in [3.63, 3.8) is 0 Å². The maximum absolute atomic E-state index is 12.9. The Hall–Kier alpha value is -3.82. The Morgan fingerprint density at radius 1 is 1.06 bits per heavy atom. The van der Waals surface area contributed by atoms with E-state index in [-0.39, 0.29) is 23.7 Å². The summed E-state index contributed by atoms with van der Waals surface area (Å²) in [5.74, 6) is -1.65. The number of aromatic nitrogens is 1. The number of nitrogens with zero attached hydrogens (tertiary/aromatic N) is 1. The third-order valence-corrected chi connectivity index (χ3v) is 5.09. The van der Waals surface area contributed by atoms with Gasteiger partial charge in [0.15, 0.2) is 6.61 Å². The van der Waals surface area contributed by atoms with Crippen LogP contribution in [0.15, 0.2) is 48.7 Å². The number of amides is 1. The number of hydrogen-bond acceptors (Lipinski definition) is 5. The summed E-state index contributed by atoms with van der Waals surface area (Å²) < 4.78 is 48.4. The summed E-state index contributed by atoms with van der Waals surface area (Å²) in [5.41, 5.74) is -0.729. The third-order valence-electron chi connectivity index (χ3n) is 5.09. The molecule has 1 amide bonds. The van der Waals surface area contributed by atoms with Crippen LogP contribution in [0, 0.1) is 6.92 Å². The van der Waals surface area contributed by atoms with Crippen LogP contribution in [0.3, 0.4) is 0 Å². The number of fused-ring (bicyclic) bond motifs is 1. The highest BCUT2D eigenvalue weighted by atomic mass is 19.4. The van der Waals surface area contributed by atoms with Crippen LogP contribution in [-0.2, 0) is 11.4 Å². The second-order valence-electron chi connectivity index (χ2n) is 8.12. The van der Waals surface area contributed by atoms with Crippen LogP contribution in [0.1, 0.15) is 35.5 Å². The van der Waals surface area contributed by atoms with Gasteiger partial charge >= 0.3 is 12.1 Å². The minimum Gasteiger partial charge on any atom is -0.486 e. The standard InChI is InChI=1S/C24H23F3N2O5/c1-14-18(28-11-10-19(14)34-13-24(25,26)27)12-33-20-16-7-5-4-6-15(16)8-9-17(20)21(30)29-23(2,3)22(31)32/h4-11H,12-13H2,1-3H3,(H,29,30)(H,31,32). The lowest BCUT2D eigenvalue weighted by molar-refractivity contribution is -0.153. The average Bonchev–Trinajstić information content (AvgIpc) is 2.76. The summed E-state index contributed by atoms with van der Waals surface area (Å²) in [5, 5.41) is 13.2. The number of nitrogens with one attached hydrogen (secondary N) is 1. The molecule has 2 N–H and O–H groups in total. The Kier molecular flexibility index (Phi) is 6.99. The summed E-state index contributed by atoms with van der Waals surface area (Å²) in [4.78, 5) is 28.6. The van der Waals surface area contributed by atoms with E-state index in [4.69, 9.17) is 9.47 Å². The van der Waals surface area contributed by atoms with Crippen LogP contribution in [0.25, 0.3) is 10.8 Å². The first-order chi connectivity index (χ1) is 15.9. The molecule has 0 spiro atoms. The van der Waals surface area contributed by atoms with Crippen molar-refractivity contribution in [2.45, 2.75) is 39.1 Å². The van der Waals surface area contributed by atoms with Gasteiger partial charge in [-0.05, 0) is 38.3 Å². The van der Waals surface area contributed by atoms with Crippen molar-refractivity contribution in [1.29, 1.82) is 0 Å².